The summed E-state index contributed by atoms with van der Waals surface area (Å²) in [7, 11) is 1.87. The van der Waals surface area contributed by atoms with Crippen molar-refractivity contribution in [3.05, 3.63) is 48.8 Å². The number of amides is 1. The van der Waals surface area contributed by atoms with Gasteiger partial charge in [-0.3, -0.25) is 9.48 Å². The predicted octanol–water partition coefficient (Wildman–Crippen LogP) is 2.05. The molecule has 1 aliphatic heterocycles. The monoisotopic (exact) mass is 388 g/mol. The van der Waals surface area contributed by atoms with Crippen molar-refractivity contribution in [1.82, 2.24) is 19.7 Å². The van der Waals surface area contributed by atoms with Crippen LogP contribution >= 0.6 is 0 Å². The topological polar surface area (TPSA) is 112 Å². The number of para-hydroxylation sites is 1. The average Bonchev–Trinajstić information content (AvgIpc) is 3.33. The molecule has 1 atom stereocenters. The third-order valence-electron chi connectivity index (χ3n) is 4.91. The van der Waals surface area contributed by atoms with Crippen LogP contribution in [-0.2, 0) is 11.8 Å². The molecule has 146 valence electrons. The van der Waals surface area contributed by atoms with E-state index in [1.54, 1.807) is 4.68 Å². The minimum Gasteiger partial charge on any atom is -0.368 e. The van der Waals surface area contributed by atoms with Gasteiger partial charge in [0.25, 0.3) is 0 Å². The van der Waals surface area contributed by atoms with Gasteiger partial charge in [0, 0.05) is 31.6 Å². The van der Waals surface area contributed by atoms with Crippen molar-refractivity contribution in [2.24, 2.45) is 7.05 Å². The molecule has 1 fully saturated rings. The molecule has 0 saturated carbocycles. The van der Waals surface area contributed by atoms with Crippen molar-refractivity contribution < 1.29 is 4.79 Å². The summed E-state index contributed by atoms with van der Waals surface area (Å²) in [4.78, 5) is 22.4. The van der Waals surface area contributed by atoms with E-state index in [0.717, 1.165) is 36.1 Å². The van der Waals surface area contributed by atoms with Crippen molar-refractivity contribution in [2.75, 3.05) is 28.6 Å². The maximum absolute atomic E-state index is 11.7. The third kappa shape index (κ3) is 3.60. The lowest BCUT2D eigenvalue weighted by Crippen LogP contribution is -2.27. The van der Waals surface area contributed by atoms with E-state index in [1.807, 2.05) is 25.2 Å². The number of aromatic nitrogens is 4. The Bertz CT molecular complexity index is 1110. The smallest absolute Gasteiger partial charge is 0.248 e. The normalized spacial score (nSPS) is 15.9. The van der Waals surface area contributed by atoms with Gasteiger partial charge in [-0.05, 0) is 24.6 Å². The molecule has 1 aliphatic rings. The first kappa shape index (κ1) is 18.4. The van der Waals surface area contributed by atoms with Crippen molar-refractivity contribution in [3.63, 3.8) is 0 Å². The molecule has 3 aromatic rings. The summed E-state index contributed by atoms with van der Waals surface area (Å²) in [6.45, 7) is 5.14. The quantitative estimate of drug-likeness (QED) is 0.643. The summed E-state index contributed by atoms with van der Waals surface area (Å²) < 4.78 is 1.79. The fourth-order valence-corrected chi connectivity index (χ4v) is 3.57. The zero-order valence-electron chi connectivity index (χ0n) is 16.0. The van der Waals surface area contributed by atoms with Crippen molar-refractivity contribution >= 4 is 34.3 Å². The zero-order chi connectivity index (χ0) is 20.4. The number of hydrogen-bond acceptors (Lipinski definition) is 7. The highest BCUT2D eigenvalue weighted by atomic mass is 16.1. The molecule has 1 amide bonds. The molecule has 0 radical (unpaired) electrons. The van der Waals surface area contributed by atoms with Crippen LogP contribution in [0.25, 0.3) is 10.9 Å². The van der Waals surface area contributed by atoms with E-state index in [4.69, 9.17) is 5.26 Å². The SMILES string of the molecule is C=CC(=O)Nc1nn(C)c2c(N3CCC(Nc4ncc(C#N)cn4)C3)cccc12. The Morgan fingerprint density at radius 1 is 1.38 bits per heavy atom. The summed E-state index contributed by atoms with van der Waals surface area (Å²) in [6, 6.07) is 8.17. The molecular weight excluding hydrogens is 368 g/mol. The van der Waals surface area contributed by atoms with Gasteiger partial charge >= 0.3 is 0 Å². The maximum Gasteiger partial charge on any atom is 0.248 e. The first-order valence-corrected chi connectivity index (χ1v) is 9.22. The lowest BCUT2D eigenvalue weighted by atomic mass is 10.2. The van der Waals surface area contributed by atoms with Gasteiger partial charge < -0.3 is 15.5 Å². The van der Waals surface area contributed by atoms with E-state index in [-0.39, 0.29) is 11.9 Å². The number of carbonyl (C=O) groups excluding carboxylic acids is 1. The standard InChI is InChI=1S/C20H20N8O/c1-3-17(29)25-19-15-5-4-6-16(18(15)27(2)26-19)28-8-7-14(12-28)24-20-22-10-13(9-21)11-23-20/h3-6,10-11,14H,1,7-8,12H2,2H3,(H,22,23,24)(H,25,26,29). The number of aryl methyl sites for hydroxylation is 1. The van der Waals surface area contributed by atoms with Crippen LogP contribution in [0.15, 0.2) is 43.2 Å². The number of nitriles is 1. The largest absolute Gasteiger partial charge is 0.368 e. The summed E-state index contributed by atoms with van der Waals surface area (Å²) in [5.74, 6) is 0.751. The van der Waals surface area contributed by atoms with Crippen molar-refractivity contribution in [2.45, 2.75) is 12.5 Å². The second-order valence-corrected chi connectivity index (χ2v) is 6.82. The summed E-state index contributed by atoms with van der Waals surface area (Å²) in [5.41, 5.74) is 2.45. The lowest BCUT2D eigenvalue weighted by Gasteiger charge is -2.20. The van der Waals surface area contributed by atoms with Crippen LogP contribution < -0.4 is 15.5 Å². The molecule has 29 heavy (non-hydrogen) atoms. The Morgan fingerprint density at radius 3 is 2.90 bits per heavy atom. The van der Waals surface area contributed by atoms with Crippen LogP contribution in [0.3, 0.4) is 0 Å². The minimum atomic E-state index is -0.289. The summed E-state index contributed by atoms with van der Waals surface area (Å²) in [6.07, 6.45) is 5.18. The van der Waals surface area contributed by atoms with Crippen LogP contribution in [0, 0.1) is 11.3 Å². The van der Waals surface area contributed by atoms with Gasteiger partial charge in [-0.2, -0.15) is 10.4 Å². The van der Waals surface area contributed by atoms with Crippen LogP contribution in [0.1, 0.15) is 12.0 Å². The van der Waals surface area contributed by atoms with Crippen LogP contribution in [0.4, 0.5) is 17.5 Å². The molecule has 9 heteroatoms. The fraction of sp³-hybridized carbons (Fsp3) is 0.250. The van der Waals surface area contributed by atoms with Crippen molar-refractivity contribution in [1.29, 1.82) is 5.26 Å². The van der Waals surface area contributed by atoms with Gasteiger partial charge in [0.15, 0.2) is 5.82 Å². The Balaban J connectivity index is 1.55. The van der Waals surface area contributed by atoms with Gasteiger partial charge in [0.05, 0.1) is 29.2 Å². The molecule has 1 aromatic carbocycles. The second kappa shape index (κ2) is 7.59. The summed E-state index contributed by atoms with van der Waals surface area (Å²) in [5, 5.41) is 20.3. The Kier molecular flexibility index (Phi) is 4.83. The molecule has 0 bridgehead atoms. The van der Waals surface area contributed by atoms with E-state index in [1.165, 1.54) is 18.5 Å². The van der Waals surface area contributed by atoms with E-state index < -0.39 is 0 Å². The summed E-state index contributed by atoms with van der Waals surface area (Å²) >= 11 is 0. The molecule has 4 rings (SSSR count). The lowest BCUT2D eigenvalue weighted by molar-refractivity contribution is -0.111. The van der Waals surface area contributed by atoms with Gasteiger partial charge in [-0.15, -0.1) is 0 Å². The number of benzene rings is 1. The average molecular weight is 388 g/mol. The molecule has 0 aliphatic carbocycles. The number of hydrogen-bond donors (Lipinski definition) is 2. The van der Waals surface area contributed by atoms with E-state index in [9.17, 15) is 4.79 Å². The Hall–Kier alpha value is -3.93. The first-order chi connectivity index (χ1) is 14.1. The number of nitrogens with one attached hydrogen (secondary N) is 2. The number of rotatable bonds is 5. The molecule has 2 aromatic heterocycles. The molecule has 3 heterocycles. The molecule has 0 spiro atoms. The molecule has 9 nitrogen and oxygen atoms in total. The Labute approximate surface area is 167 Å². The predicted molar refractivity (Wildman–Crippen MR) is 111 cm³/mol. The molecule has 1 unspecified atom stereocenters. The highest BCUT2D eigenvalue weighted by Gasteiger charge is 2.26. The zero-order valence-corrected chi connectivity index (χ0v) is 16.0. The highest BCUT2D eigenvalue weighted by molar-refractivity contribution is 6.06. The maximum atomic E-state index is 11.7. The van der Waals surface area contributed by atoms with Crippen LogP contribution in [0.5, 0.6) is 0 Å². The third-order valence-corrected chi connectivity index (χ3v) is 4.91. The highest BCUT2D eigenvalue weighted by Crippen LogP contribution is 2.33. The number of anilines is 3. The fourth-order valence-electron chi connectivity index (χ4n) is 3.57. The van der Waals surface area contributed by atoms with Gasteiger partial charge in [0.2, 0.25) is 11.9 Å². The molecule has 2 N–H and O–H groups in total. The number of fused-ring (bicyclic) bond motifs is 1. The van der Waals surface area contributed by atoms with Gasteiger partial charge in [-0.1, -0.05) is 12.6 Å². The number of carbonyl (C=O) groups is 1. The molecule has 1 saturated heterocycles. The Morgan fingerprint density at radius 2 is 2.17 bits per heavy atom. The van der Waals surface area contributed by atoms with Crippen LogP contribution in [0.2, 0.25) is 0 Å². The van der Waals surface area contributed by atoms with Gasteiger partial charge in [-0.25, -0.2) is 9.97 Å². The van der Waals surface area contributed by atoms with Gasteiger partial charge in [0.1, 0.15) is 6.07 Å². The molecular formula is C20H20N8O. The number of nitrogens with zero attached hydrogens (tertiary/aromatic N) is 6. The first-order valence-electron chi connectivity index (χ1n) is 9.22. The van der Waals surface area contributed by atoms with Crippen LogP contribution in [-0.4, -0.2) is 44.8 Å². The van der Waals surface area contributed by atoms with E-state index in [0.29, 0.717) is 17.3 Å². The minimum absolute atomic E-state index is 0.186. The second-order valence-electron chi connectivity index (χ2n) is 6.82. The van der Waals surface area contributed by atoms with E-state index >= 15 is 0 Å². The van der Waals surface area contributed by atoms with E-state index in [2.05, 4.69) is 43.2 Å². The van der Waals surface area contributed by atoms with Crippen molar-refractivity contribution in [3.8, 4) is 6.07 Å².